The van der Waals surface area contributed by atoms with Gasteiger partial charge in [0.15, 0.2) is 0 Å². The van der Waals surface area contributed by atoms with Gasteiger partial charge in [0.05, 0.1) is 5.02 Å². The highest BCUT2D eigenvalue weighted by Gasteiger charge is 2.17. The lowest BCUT2D eigenvalue weighted by molar-refractivity contribution is 0.322. The Labute approximate surface area is 149 Å². The van der Waals surface area contributed by atoms with E-state index in [0.717, 1.165) is 25.1 Å². The van der Waals surface area contributed by atoms with Gasteiger partial charge in [-0.2, -0.15) is 0 Å². The predicted octanol–water partition coefficient (Wildman–Crippen LogP) is 3.45. The lowest BCUT2D eigenvalue weighted by Crippen LogP contribution is -2.28. The Morgan fingerprint density at radius 1 is 1.12 bits per heavy atom. The molecule has 0 saturated heterocycles. The molecule has 0 amide bonds. The maximum Gasteiger partial charge on any atom is 0.242 e. The van der Waals surface area contributed by atoms with E-state index in [-0.39, 0.29) is 9.92 Å². The highest BCUT2D eigenvalue weighted by Crippen LogP contribution is 2.22. The monoisotopic (exact) mass is 366 g/mol. The number of rotatable bonds is 8. The smallest absolute Gasteiger partial charge is 0.242 e. The summed E-state index contributed by atoms with van der Waals surface area (Å²) in [5, 5.41) is 0.253. The highest BCUT2D eigenvalue weighted by atomic mass is 35.5. The summed E-state index contributed by atoms with van der Waals surface area (Å²) in [5.74, 6) is 0. The molecule has 1 N–H and O–H groups in total. The van der Waals surface area contributed by atoms with E-state index in [1.807, 2.05) is 32.2 Å². The third-order valence-corrected chi connectivity index (χ3v) is 5.62. The van der Waals surface area contributed by atoms with E-state index in [2.05, 4.69) is 21.8 Å². The van der Waals surface area contributed by atoms with Crippen LogP contribution in [0.15, 0.2) is 53.4 Å². The minimum atomic E-state index is -3.56. The second-order valence-corrected chi connectivity index (χ2v) is 8.05. The van der Waals surface area contributed by atoms with Crippen molar-refractivity contribution in [2.45, 2.75) is 24.8 Å². The van der Waals surface area contributed by atoms with Crippen molar-refractivity contribution in [3.8, 4) is 0 Å². The van der Waals surface area contributed by atoms with Gasteiger partial charge in [0.2, 0.25) is 10.0 Å². The summed E-state index contributed by atoms with van der Waals surface area (Å²) in [5.41, 5.74) is 2.17. The van der Waals surface area contributed by atoms with Crippen LogP contribution in [-0.4, -0.2) is 33.5 Å². The normalized spacial score (nSPS) is 11.8. The second kappa shape index (κ2) is 8.62. The number of hydrogen-bond donors (Lipinski definition) is 1. The molecule has 0 aromatic heterocycles. The lowest BCUT2D eigenvalue weighted by atomic mass is 10.2. The molecule has 0 unspecified atom stereocenters. The molecule has 2 aromatic rings. The Balaban J connectivity index is 1.80. The molecule has 4 nitrogen and oxygen atoms in total. The summed E-state index contributed by atoms with van der Waals surface area (Å²) < 4.78 is 27.2. The SMILES string of the molecule is Cc1ccc(S(=O)(=O)NCCCN(C)Cc2ccccc2)c(Cl)c1. The van der Waals surface area contributed by atoms with E-state index in [0.29, 0.717) is 6.54 Å². The van der Waals surface area contributed by atoms with E-state index in [9.17, 15) is 8.42 Å². The Bertz CT molecular complexity index is 764. The molecule has 0 atom stereocenters. The lowest BCUT2D eigenvalue weighted by Gasteiger charge is -2.17. The number of nitrogens with one attached hydrogen (secondary N) is 1. The Morgan fingerprint density at radius 3 is 2.50 bits per heavy atom. The van der Waals surface area contributed by atoms with Gasteiger partial charge in [0.1, 0.15) is 4.90 Å². The van der Waals surface area contributed by atoms with E-state index in [1.165, 1.54) is 5.56 Å². The first-order valence-electron chi connectivity index (χ1n) is 7.87. The molecule has 0 radical (unpaired) electrons. The van der Waals surface area contributed by atoms with Crippen LogP contribution in [0.1, 0.15) is 17.5 Å². The fourth-order valence-electron chi connectivity index (χ4n) is 2.43. The molecular formula is C18H23ClN2O2S. The number of aryl methyl sites for hydroxylation is 1. The van der Waals surface area contributed by atoms with Crippen LogP contribution in [-0.2, 0) is 16.6 Å². The van der Waals surface area contributed by atoms with Crippen LogP contribution >= 0.6 is 11.6 Å². The zero-order chi connectivity index (χ0) is 17.6. The average molecular weight is 367 g/mol. The van der Waals surface area contributed by atoms with Crippen molar-refractivity contribution >= 4 is 21.6 Å². The van der Waals surface area contributed by atoms with Crippen LogP contribution < -0.4 is 4.72 Å². The summed E-state index contributed by atoms with van der Waals surface area (Å²) >= 11 is 6.04. The predicted molar refractivity (Wildman–Crippen MR) is 98.8 cm³/mol. The topological polar surface area (TPSA) is 49.4 Å². The van der Waals surface area contributed by atoms with Crippen molar-refractivity contribution in [3.63, 3.8) is 0 Å². The molecule has 24 heavy (non-hydrogen) atoms. The number of halogens is 1. The summed E-state index contributed by atoms with van der Waals surface area (Å²) in [4.78, 5) is 2.30. The first kappa shape index (κ1) is 18.9. The summed E-state index contributed by atoms with van der Waals surface area (Å²) in [7, 11) is -1.54. The van der Waals surface area contributed by atoms with Gasteiger partial charge in [-0.05, 0) is 50.2 Å². The van der Waals surface area contributed by atoms with Gasteiger partial charge >= 0.3 is 0 Å². The minimum Gasteiger partial charge on any atom is -0.302 e. The first-order chi connectivity index (χ1) is 11.4. The molecular weight excluding hydrogens is 344 g/mol. The molecule has 2 aromatic carbocycles. The van der Waals surface area contributed by atoms with Crippen molar-refractivity contribution in [1.29, 1.82) is 0 Å². The second-order valence-electron chi connectivity index (χ2n) is 5.91. The zero-order valence-electron chi connectivity index (χ0n) is 14.0. The van der Waals surface area contributed by atoms with E-state index in [4.69, 9.17) is 11.6 Å². The Hall–Kier alpha value is -1.40. The quantitative estimate of drug-likeness (QED) is 0.728. The van der Waals surface area contributed by atoms with Crippen LogP contribution in [0.5, 0.6) is 0 Å². The van der Waals surface area contributed by atoms with E-state index in [1.54, 1.807) is 18.2 Å². The summed E-state index contributed by atoms with van der Waals surface area (Å²) in [6.07, 6.45) is 0.728. The van der Waals surface area contributed by atoms with Gasteiger partial charge in [-0.1, -0.05) is 48.0 Å². The molecule has 0 fully saturated rings. The summed E-state index contributed by atoms with van der Waals surface area (Å²) in [6.45, 7) is 3.90. The number of hydrogen-bond acceptors (Lipinski definition) is 3. The molecule has 0 aliphatic rings. The third kappa shape index (κ3) is 5.60. The van der Waals surface area contributed by atoms with Crippen LogP contribution in [0.4, 0.5) is 0 Å². The molecule has 0 aliphatic carbocycles. The van der Waals surface area contributed by atoms with Crippen molar-refractivity contribution < 1.29 is 8.42 Å². The standard InChI is InChI=1S/C18H23ClN2O2S/c1-15-9-10-18(17(19)13-15)24(22,23)20-11-6-12-21(2)14-16-7-4-3-5-8-16/h3-5,7-10,13,20H,6,11-12,14H2,1-2H3. The molecule has 0 bridgehead atoms. The highest BCUT2D eigenvalue weighted by molar-refractivity contribution is 7.89. The van der Waals surface area contributed by atoms with Crippen molar-refractivity contribution in [2.24, 2.45) is 0 Å². The molecule has 6 heteroatoms. The van der Waals surface area contributed by atoms with Gasteiger partial charge in [-0.3, -0.25) is 0 Å². The fraction of sp³-hybridized carbons (Fsp3) is 0.333. The van der Waals surface area contributed by atoms with Gasteiger partial charge in [-0.25, -0.2) is 13.1 Å². The number of nitrogens with zero attached hydrogens (tertiary/aromatic N) is 1. The van der Waals surface area contributed by atoms with E-state index >= 15 is 0 Å². The van der Waals surface area contributed by atoms with Crippen molar-refractivity contribution in [1.82, 2.24) is 9.62 Å². The zero-order valence-corrected chi connectivity index (χ0v) is 15.6. The van der Waals surface area contributed by atoms with Gasteiger partial charge in [0.25, 0.3) is 0 Å². The summed E-state index contributed by atoms with van der Waals surface area (Å²) in [6, 6.07) is 15.1. The molecule has 130 valence electrons. The van der Waals surface area contributed by atoms with Crippen LogP contribution in [0.25, 0.3) is 0 Å². The van der Waals surface area contributed by atoms with Gasteiger partial charge in [0, 0.05) is 13.1 Å². The number of sulfonamides is 1. The molecule has 0 saturated carbocycles. The molecule has 0 spiro atoms. The average Bonchev–Trinajstić information content (AvgIpc) is 2.52. The maximum atomic E-state index is 12.3. The van der Waals surface area contributed by atoms with Gasteiger partial charge < -0.3 is 4.90 Å². The van der Waals surface area contributed by atoms with Crippen molar-refractivity contribution in [2.75, 3.05) is 20.1 Å². The van der Waals surface area contributed by atoms with Crippen LogP contribution in [0.2, 0.25) is 5.02 Å². The molecule has 2 rings (SSSR count). The third-order valence-electron chi connectivity index (χ3n) is 3.68. The van der Waals surface area contributed by atoms with Crippen LogP contribution in [0.3, 0.4) is 0 Å². The largest absolute Gasteiger partial charge is 0.302 e. The van der Waals surface area contributed by atoms with E-state index < -0.39 is 10.0 Å². The minimum absolute atomic E-state index is 0.132. The van der Waals surface area contributed by atoms with Crippen LogP contribution in [0, 0.1) is 6.92 Å². The first-order valence-corrected chi connectivity index (χ1v) is 9.73. The fourth-order valence-corrected chi connectivity index (χ4v) is 4.10. The van der Waals surface area contributed by atoms with Crippen molar-refractivity contribution in [3.05, 3.63) is 64.7 Å². The number of benzene rings is 2. The van der Waals surface area contributed by atoms with Gasteiger partial charge in [-0.15, -0.1) is 0 Å². The maximum absolute atomic E-state index is 12.3. The Morgan fingerprint density at radius 2 is 1.83 bits per heavy atom. The Kier molecular flexibility index (Phi) is 6.80. The molecule has 0 heterocycles. The molecule has 0 aliphatic heterocycles.